The molecule has 1 aromatic carbocycles. The Hall–Kier alpha value is -2.50. The molecule has 0 radical (unpaired) electrons. The lowest BCUT2D eigenvalue weighted by atomic mass is 10.1. The molecule has 1 atom stereocenters. The predicted octanol–water partition coefficient (Wildman–Crippen LogP) is 2.95. The van der Waals surface area contributed by atoms with Crippen LogP contribution in [0.3, 0.4) is 0 Å². The second kappa shape index (κ2) is 5.85. The number of nitrogens with one attached hydrogen (secondary N) is 1. The molecule has 4 rings (SSSR count). The highest BCUT2D eigenvalue weighted by atomic mass is 16.5. The molecule has 2 aliphatic rings. The van der Waals surface area contributed by atoms with Crippen LogP contribution in [0.4, 0.5) is 10.5 Å². The van der Waals surface area contributed by atoms with Crippen molar-refractivity contribution < 1.29 is 9.53 Å². The smallest absolute Gasteiger partial charge is 0.322 e. The minimum atomic E-state index is -0.0609. The fourth-order valence-corrected chi connectivity index (χ4v) is 3.48. The Morgan fingerprint density at radius 3 is 3.08 bits per heavy atom. The van der Waals surface area contributed by atoms with E-state index in [2.05, 4.69) is 23.4 Å². The van der Waals surface area contributed by atoms with E-state index in [1.165, 1.54) is 0 Å². The van der Waals surface area contributed by atoms with Gasteiger partial charge in [-0.25, -0.2) is 4.79 Å². The second-order valence-corrected chi connectivity index (χ2v) is 6.66. The van der Waals surface area contributed by atoms with Gasteiger partial charge in [0.25, 0.3) is 0 Å². The van der Waals surface area contributed by atoms with Crippen molar-refractivity contribution in [3.63, 3.8) is 0 Å². The van der Waals surface area contributed by atoms with Crippen molar-refractivity contribution in [2.45, 2.75) is 45.9 Å². The molecule has 0 saturated carbocycles. The number of carbonyl (C=O) groups is 1. The van der Waals surface area contributed by atoms with E-state index in [0.29, 0.717) is 6.54 Å². The van der Waals surface area contributed by atoms with Gasteiger partial charge in [-0.05, 0) is 50.1 Å². The number of amides is 2. The Labute approximate surface area is 141 Å². The molecule has 6 heteroatoms. The third kappa shape index (κ3) is 2.84. The molecule has 0 bridgehead atoms. The summed E-state index contributed by atoms with van der Waals surface area (Å²) in [6.45, 7) is 6.23. The van der Waals surface area contributed by atoms with Gasteiger partial charge in [0.15, 0.2) is 0 Å². The number of aryl methyl sites for hydroxylation is 2. The minimum absolute atomic E-state index is 0.0609. The minimum Gasteiger partial charge on any atom is -0.490 e. The molecule has 0 spiro atoms. The van der Waals surface area contributed by atoms with Gasteiger partial charge in [0.05, 0.1) is 17.9 Å². The molecule has 0 fully saturated rings. The number of hydrogen-bond donors (Lipinski definition) is 1. The first-order chi connectivity index (χ1) is 11.6. The molecule has 1 aromatic heterocycles. The van der Waals surface area contributed by atoms with Crippen LogP contribution >= 0.6 is 0 Å². The van der Waals surface area contributed by atoms with Gasteiger partial charge in [-0.15, -0.1) is 0 Å². The molecule has 0 saturated heterocycles. The van der Waals surface area contributed by atoms with Crippen molar-refractivity contribution in [3.05, 3.63) is 41.2 Å². The predicted molar refractivity (Wildman–Crippen MR) is 91.2 cm³/mol. The van der Waals surface area contributed by atoms with Gasteiger partial charge in [0.1, 0.15) is 11.9 Å². The first-order valence-corrected chi connectivity index (χ1v) is 8.47. The lowest BCUT2D eigenvalue weighted by molar-refractivity contribution is 0.210. The van der Waals surface area contributed by atoms with Crippen molar-refractivity contribution in [3.8, 4) is 5.75 Å². The van der Waals surface area contributed by atoms with Gasteiger partial charge < -0.3 is 15.0 Å². The van der Waals surface area contributed by atoms with Gasteiger partial charge in [-0.1, -0.05) is 0 Å². The lowest BCUT2D eigenvalue weighted by Crippen LogP contribution is -2.34. The Morgan fingerprint density at radius 2 is 2.21 bits per heavy atom. The number of ether oxygens (including phenoxy) is 1. The van der Waals surface area contributed by atoms with Crippen LogP contribution in [0.1, 0.15) is 30.3 Å². The van der Waals surface area contributed by atoms with Crippen LogP contribution in [0, 0.1) is 6.92 Å². The Morgan fingerprint density at radius 1 is 1.33 bits per heavy atom. The average molecular weight is 326 g/mol. The summed E-state index contributed by atoms with van der Waals surface area (Å²) in [6.07, 6.45) is 2.01. The summed E-state index contributed by atoms with van der Waals surface area (Å²) in [4.78, 5) is 14.5. The van der Waals surface area contributed by atoms with Crippen LogP contribution in [-0.4, -0.2) is 33.4 Å². The number of urea groups is 1. The van der Waals surface area contributed by atoms with Gasteiger partial charge >= 0.3 is 6.03 Å². The first kappa shape index (κ1) is 15.1. The normalized spacial score (nSPS) is 19.2. The number of rotatable bonds is 1. The summed E-state index contributed by atoms with van der Waals surface area (Å²) in [5, 5.41) is 7.50. The van der Waals surface area contributed by atoms with Crippen LogP contribution in [-0.2, 0) is 19.5 Å². The molecule has 0 aliphatic carbocycles. The van der Waals surface area contributed by atoms with Gasteiger partial charge in [-0.3, -0.25) is 4.68 Å². The summed E-state index contributed by atoms with van der Waals surface area (Å²) in [5.74, 6) is 0.926. The Bertz CT molecular complexity index is 783. The van der Waals surface area contributed by atoms with Gasteiger partial charge in [0, 0.05) is 25.2 Å². The molecule has 2 amide bonds. The zero-order valence-corrected chi connectivity index (χ0v) is 14.1. The molecule has 126 valence electrons. The third-order valence-corrected chi connectivity index (χ3v) is 4.57. The van der Waals surface area contributed by atoms with Crippen LogP contribution in [0.15, 0.2) is 24.3 Å². The van der Waals surface area contributed by atoms with E-state index < -0.39 is 0 Å². The van der Waals surface area contributed by atoms with Crippen LogP contribution in [0.5, 0.6) is 5.75 Å². The molecular formula is C18H22N4O2. The number of hydrogen-bond acceptors (Lipinski definition) is 3. The standard InChI is InChI=1S/C18H22N4O2/c1-12-8-16-11-21(6-3-7-22(16)20-12)18(23)19-15-4-5-17-14(10-15)9-13(2)24-17/h4-5,8,10,13H,3,6-7,9,11H2,1-2H3,(H,19,23). The Balaban J connectivity index is 1.47. The molecule has 2 aliphatic heterocycles. The highest BCUT2D eigenvalue weighted by Gasteiger charge is 2.22. The number of anilines is 1. The fraction of sp³-hybridized carbons (Fsp3) is 0.444. The van der Waals surface area contributed by atoms with Gasteiger partial charge in [-0.2, -0.15) is 5.10 Å². The van der Waals surface area contributed by atoms with Crippen molar-refractivity contribution in [1.29, 1.82) is 0 Å². The summed E-state index contributed by atoms with van der Waals surface area (Å²) in [5.41, 5.74) is 4.08. The van der Waals surface area contributed by atoms with E-state index in [0.717, 1.165) is 54.3 Å². The molecule has 2 aromatic rings. The number of fused-ring (bicyclic) bond motifs is 2. The fourth-order valence-electron chi connectivity index (χ4n) is 3.48. The van der Waals surface area contributed by atoms with Crippen molar-refractivity contribution in [1.82, 2.24) is 14.7 Å². The topological polar surface area (TPSA) is 59.4 Å². The highest BCUT2D eigenvalue weighted by Crippen LogP contribution is 2.31. The van der Waals surface area contributed by atoms with E-state index in [9.17, 15) is 4.79 Å². The maximum atomic E-state index is 12.7. The molecule has 3 heterocycles. The van der Waals surface area contributed by atoms with Crippen molar-refractivity contribution in [2.24, 2.45) is 0 Å². The SMILES string of the molecule is Cc1cc2n(n1)CCCN(C(=O)Nc1ccc3c(c1)CC(C)O3)C2. The number of carbonyl (C=O) groups excluding carboxylic acids is 1. The van der Waals surface area contributed by atoms with E-state index in [1.807, 2.05) is 34.7 Å². The largest absolute Gasteiger partial charge is 0.490 e. The molecule has 6 nitrogen and oxygen atoms in total. The third-order valence-electron chi connectivity index (χ3n) is 4.57. The number of benzene rings is 1. The maximum absolute atomic E-state index is 12.7. The molecular weight excluding hydrogens is 304 g/mol. The number of aromatic nitrogens is 2. The average Bonchev–Trinajstić information content (AvgIpc) is 3.01. The molecule has 24 heavy (non-hydrogen) atoms. The molecule has 1 unspecified atom stereocenters. The summed E-state index contributed by atoms with van der Waals surface area (Å²) in [7, 11) is 0. The van der Waals surface area contributed by atoms with Crippen LogP contribution in [0.2, 0.25) is 0 Å². The monoisotopic (exact) mass is 326 g/mol. The Kier molecular flexibility index (Phi) is 3.67. The summed E-state index contributed by atoms with van der Waals surface area (Å²) in [6, 6.07) is 7.85. The van der Waals surface area contributed by atoms with Gasteiger partial charge in [0.2, 0.25) is 0 Å². The molecule has 1 N–H and O–H groups in total. The number of nitrogens with zero attached hydrogens (tertiary/aromatic N) is 3. The zero-order valence-electron chi connectivity index (χ0n) is 14.1. The van der Waals surface area contributed by atoms with Crippen LogP contribution in [0.25, 0.3) is 0 Å². The van der Waals surface area contributed by atoms with Crippen molar-refractivity contribution >= 4 is 11.7 Å². The quantitative estimate of drug-likeness (QED) is 0.876. The van der Waals surface area contributed by atoms with Crippen molar-refractivity contribution in [2.75, 3.05) is 11.9 Å². The summed E-state index contributed by atoms with van der Waals surface area (Å²) >= 11 is 0. The van der Waals surface area contributed by atoms with E-state index in [1.54, 1.807) is 0 Å². The zero-order chi connectivity index (χ0) is 16.7. The van der Waals surface area contributed by atoms with E-state index in [4.69, 9.17) is 4.74 Å². The van der Waals surface area contributed by atoms with Crippen LogP contribution < -0.4 is 10.1 Å². The lowest BCUT2D eigenvalue weighted by Gasteiger charge is -2.20. The first-order valence-electron chi connectivity index (χ1n) is 8.47. The van der Waals surface area contributed by atoms with E-state index >= 15 is 0 Å². The summed E-state index contributed by atoms with van der Waals surface area (Å²) < 4.78 is 7.72. The van der Waals surface area contributed by atoms with E-state index in [-0.39, 0.29) is 12.1 Å². The maximum Gasteiger partial charge on any atom is 0.322 e. The highest BCUT2D eigenvalue weighted by molar-refractivity contribution is 5.89. The second-order valence-electron chi connectivity index (χ2n) is 6.66.